The van der Waals surface area contributed by atoms with Crippen molar-refractivity contribution in [2.24, 2.45) is 0 Å². The summed E-state index contributed by atoms with van der Waals surface area (Å²) in [5.41, 5.74) is 2.00. The molecule has 1 aliphatic heterocycles. The van der Waals surface area contributed by atoms with Crippen LogP contribution in [0.15, 0.2) is 41.8 Å². The van der Waals surface area contributed by atoms with E-state index in [1.165, 1.54) is 11.3 Å². The Bertz CT molecular complexity index is 970. The van der Waals surface area contributed by atoms with Gasteiger partial charge in [0.25, 0.3) is 5.91 Å². The van der Waals surface area contributed by atoms with E-state index in [1.54, 1.807) is 18.2 Å². The first-order valence-electron chi connectivity index (χ1n) is 7.71. The zero-order chi connectivity index (χ0) is 18.1. The Balaban J connectivity index is 1.53. The number of carbonyl (C=O) groups is 1. The zero-order valence-corrected chi connectivity index (χ0v) is 15.6. The number of nitrogens with one attached hydrogen (secondary N) is 1. The van der Waals surface area contributed by atoms with E-state index in [9.17, 15) is 4.79 Å². The number of rotatable bonds is 3. The third-order valence-electron chi connectivity index (χ3n) is 3.69. The van der Waals surface area contributed by atoms with Crippen LogP contribution in [0.25, 0.3) is 11.3 Å². The van der Waals surface area contributed by atoms with Crippen molar-refractivity contribution in [1.82, 2.24) is 4.98 Å². The van der Waals surface area contributed by atoms with E-state index >= 15 is 0 Å². The highest BCUT2D eigenvalue weighted by Gasteiger charge is 2.15. The van der Waals surface area contributed by atoms with Gasteiger partial charge in [-0.3, -0.25) is 10.1 Å². The van der Waals surface area contributed by atoms with Crippen LogP contribution in [0.4, 0.5) is 5.13 Å². The van der Waals surface area contributed by atoms with E-state index in [-0.39, 0.29) is 5.91 Å². The number of hydrogen-bond donors (Lipinski definition) is 1. The third kappa shape index (κ3) is 3.62. The van der Waals surface area contributed by atoms with Crippen LogP contribution in [-0.2, 0) is 0 Å². The van der Waals surface area contributed by atoms with Crippen LogP contribution in [0.2, 0.25) is 10.0 Å². The summed E-state index contributed by atoms with van der Waals surface area (Å²) in [7, 11) is 0. The smallest absolute Gasteiger partial charge is 0.257 e. The average Bonchev–Trinajstić information content (AvgIpc) is 3.09. The molecule has 0 fully saturated rings. The molecule has 0 saturated heterocycles. The van der Waals surface area contributed by atoms with Crippen LogP contribution in [-0.4, -0.2) is 24.1 Å². The summed E-state index contributed by atoms with van der Waals surface area (Å²) in [6, 6.07) is 10.3. The molecule has 0 bridgehead atoms. The molecule has 5 nitrogen and oxygen atoms in total. The van der Waals surface area contributed by atoms with Crippen LogP contribution in [0.1, 0.15) is 10.4 Å². The lowest BCUT2D eigenvalue weighted by molar-refractivity contribution is 0.102. The number of nitrogens with zero attached hydrogens (tertiary/aromatic N) is 1. The van der Waals surface area contributed by atoms with Gasteiger partial charge in [0.05, 0.1) is 5.69 Å². The lowest BCUT2D eigenvalue weighted by Gasteiger charge is -2.18. The standard InChI is InChI=1S/C18H12Cl2N2O3S/c19-12-5-11(6-13(20)8-12)17(23)22-18-21-14(9-26-18)10-1-2-15-16(7-10)25-4-3-24-15/h1-2,5-9H,3-4H2,(H,21,22,23). The molecular weight excluding hydrogens is 395 g/mol. The van der Waals surface area contributed by atoms with Gasteiger partial charge in [0.15, 0.2) is 16.6 Å². The van der Waals surface area contributed by atoms with Gasteiger partial charge in [0.2, 0.25) is 0 Å². The van der Waals surface area contributed by atoms with Gasteiger partial charge in [-0.2, -0.15) is 0 Å². The van der Waals surface area contributed by atoms with Gasteiger partial charge in [0, 0.05) is 26.6 Å². The first kappa shape index (κ1) is 17.1. The first-order chi connectivity index (χ1) is 12.6. The largest absolute Gasteiger partial charge is 0.486 e. The molecule has 0 unspecified atom stereocenters. The van der Waals surface area contributed by atoms with Crippen LogP contribution in [0.3, 0.4) is 0 Å². The number of hydrogen-bond acceptors (Lipinski definition) is 5. The number of ether oxygens (including phenoxy) is 2. The molecule has 4 rings (SSSR count). The zero-order valence-electron chi connectivity index (χ0n) is 13.3. The Labute approximate surface area is 163 Å². The number of anilines is 1. The maximum absolute atomic E-state index is 12.4. The van der Waals surface area contributed by atoms with Gasteiger partial charge >= 0.3 is 0 Å². The number of amides is 1. The molecule has 1 aliphatic rings. The topological polar surface area (TPSA) is 60.5 Å². The Morgan fingerprint density at radius 2 is 1.77 bits per heavy atom. The minimum atomic E-state index is -0.322. The van der Waals surface area contributed by atoms with Crippen molar-refractivity contribution in [3.63, 3.8) is 0 Å². The van der Waals surface area contributed by atoms with Gasteiger partial charge in [-0.25, -0.2) is 4.98 Å². The second kappa shape index (κ2) is 7.15. The second-order valence-corrected chi connectivity index (χ2v) is 7.24. The Kier molecular flexibility index (Phi) is 4.72. The molecule has 0 saturated carbocycles. The van der Waals surface area contributed by atoms with E-state index in [0.717, 1.165) is 17.0 Å². The highest BCUT2D eigenvalue weighted by Crippen LogP contribution is 2.35. The fourth-order valence-corrected chi connectivity index (χ4v) is 3.76. The fraction of sp³-hybridized carbons (Fsp3) is 0.111. The SMILES string of the molecule is O=C(Nc1nc(-c2ccc3c(c2)OCCO3)cs1)c1cc(Cl)cc(Cl)c1. The highest BCUT2D eigenvalue weighted by molar-refractivity contribution is 7.14. The minimum Gasteiger partial charge on any atom is -0.486 e. The summed E-state index contributed by atoms with van der Waals surface area (Å²) >= 11 is 13.2. The third-order valence-corrected chi connectivity index (χ3v) is 4.88. The van der Waals surface area contributed by atoms with Crippen molar-refractivity contribution in [2.75, 3.05) is 18.5 Å². The number of fused-ring (bicyclic) bond motifs is 1. The molecule has 1 amide bonds. The fourth-order valence-electron chi connectivity index (χ4n) is 2.52. The summed E-state index contributed by atoms with van der Waals surface area (Å²) in [5.74, 6) is 1.10. The van der Waals surface area contributed by atoms with Crippen LogP contribution >= 0.6 is 34.5 Å². The molecule has 2 heterocycles. The first-order valence-corrected chi connectivity index (χ1v) is 9.35. The van der Waals surface area contributed by atoms with Crippen LogP contribution < -0.4 is 14.8 Å². The summed E-state index contributed by atoms with van der Waals surface area (Å²) < 4.78 is 11.1. The molecule has 0 aliphatic carbocycles. The van der Waals surface area contributed by atoms with Crippen molar-refractivity contribution < 1.29 is 14.3 Å². The molecule has 2 aromatic carbocycles. The van der Waals surface area contributed by atoms with Gasteiger partial charge in [-0.05, 0) is 36.4 Å². The lowest BCUT2D eigenvalue weighted by atomic mass is 10.1. The molecule has 3 aromatic rings. The quantitative estimate of drug-likeness (QED) is 0.653. The van der Waals surface area contributed by atoms with E-state index in [4.69, 9.17) is 32.7 Å². The Morgan fingerprint density at radius 3 is 2.54 bits per heavy atom. The average molecular weight is 407 g/mol. The Morgan fingerprint density at radius 1 is 1.04 bits per heavy atom. The summed E-state index contributed by atoms with van der Waals surface area (Å²) in [6.07, 6.45) is 0. The summed E-state index contributed by atoms with van der Waals surface area (Å²) in [5, 5.41) is 5.91. The predicted octanol–water partition coefficient (Wildman–Crippen LogP) is 5.14. The monoisotopic (exact) mass is 406 g/mol. The van der Waals surface area contributed by atoms with Gasteiger partial charge < -0.3 is 9.47 Å². The van der Waals surface area contributed by atoms with Crippen molar-refractivity contribution >= 4 is 45.6 Å². The predicted molar refractivity (Wildman–Crippen MR) is 103 cm³/mol. The molecule has 0 spiro atoms. The van der Waals surface area contributed by atoms with Crippen molar-refractivity contribution in [1.29, 1.82) is 0 Å². The van der Waals surface area contributed by atoms with Crippen molar-refractivity contribution in [2.45, 2.75) is 0 Å². The second-order valence-electron chi connectivity index (χ2n) is 5.51. The Hall–Kier alpha value is -2.28. The van der Waals surface area contributed by atoms with Crippen molar-refractivity contribution in [3.8, 4) is 22.8 Å². The van der Waals surface area contributed by atoms with Gasteiger partial charge in [-0.15, -0.1) is 11.3 Å². The van der Waals surface area contributed by atoms with Crippen LogP contribution in [0.5, 0.6) is 11.5 Å². The lowest BCUT2D eigenvalue weighted by Crippen LogP contribution is -2.15. The van der Waals surface area contributed by atoms with Crippen LogP contribution in [0, 0.1) is 0 Å². The molecule has 1 aromatic heterocycles. The summed E-state index contributed by atoms with van der Waals surface area (Å²) in [4.78, 5) is 16.8. The molecule has 8 heteroatoms. The van der Waals surface area contributed by atoms with E-state index in [2.05, 4.69) is 10.3 Å². The maximum atomic E-state index is 12.4. The number of halogens is 2. The number of carbonyl (C=O) groups excluding carboxylic acids is 1. The number of thiazole rings is 1. The molecule has 1 N–H and O–H groups in total. The van der Waals surface area contributed by atoms with E-state index in [0.29, 0.717) is 39.7 Å². The molecular formula is C18H12Cl2N2O3S. The number of benzene rings is 2. The van der Waals surface area contributed by atoms with Crippen molar-refractivity contribution in [3.05, 3.63) is 57.4 Å². The van der Waals surface area contributed by atoms with Gasteiger partial charge in [-0.1, -0.05) is 23.2 Å². The number of aromatic nitrogens is 1. The van der Waals surface area contributed by atoms with E-state index < -0.39 is 0 Å². The molecule has 0 radical (unpaired) electrons. The molecule has 26 heavy (non-hydrogen) atoms. The molecule has 0 atom stereocenters. The van der Waals surface area contributed by atoms with Gasteiger partial charge in [0.1, 0.15) is 13.2 Å². The highest BCUT2D eigenvalue weighted by atomic mass is 35.5. The maximum Gasteiger partial charge on any atom is 0.257 e. The van der Waals surface area contributed by atoms with E-state index in [1.807, 2.05) is 23.6 Å². The summed E-state index contributed by atoms with van der Waals surface area (Å²) in [6.45, 7) is 1.07. The minimum absolute atomic E-state index is 0.322. The normalized spacial score (nSPS) is 12.7. The molecule has 132 valence electrons.